The highest BCUT2D eigenvalue weighted by atomic mass is 35.5. The molecule has 0 aliphatic carbocycles. The van der Waals surface area contributed by atoms with E-state index in [4.69, 9.17) is 15.8 Å². The van der Waals surface area contributed by atoms with E-state index in [0.29, 0.717) is 22.7 Å². The van der Waals surface area contributed by atoms with Gasteiger partial charge in [-0.2, -0.15) is 8.42 Å². The molecular formula is C23H30ClN3O5S. The van der Waals surface area contributed by atoms with Crippen molar-refractivity contribution in [2.45, 2.75) is 64.6 Å². The van der Waals surface area contributed by atoms with E-state index in [2.05, 4.69) is 10.6 Å². The second-order valence-corrected chi connectivity index (χ2v) is 9.97. The van der Waals surface area contributed by atoms with Gasteiger partial charge in [0, 0.05) is 35.3 Å². The average molecular weight is 496 g/mol. The lowest BCUT2D eigenvalue weighted by Crippen LogP contribution is -2.46. The standard InChI is InChI=1S/C23H30ClN3O5S/c1-6-16(4)27(23(29)25-15(2)3)14-18-13-19(24)7-12-22(18)32-33(30,31)21-10-8-20(9-11-21)26-17(5)28/h7-13,15-16H,6,14H2,1-5H3,(H,25,29)(H,26,28)/t16-/m1/s1. The van der Waals surface area contributed by atoms with Crippen molar-refractivity contribution in [3.63, 3.8) is 0 Å². The van der Waals surface area contributed by atoms with Crippen molar-refractivity contribution in [1.82, 2.24) is 10.2 Å². The first-order chi connectivity index (χ1) is 15.4. The van der Waals surface area contributed by atoms with Gasteiger partial charge in [-0.05, 0) is 69.7 Å². The molecule has 3 amide bonds. The number of amides is 3. The number of halogens is 1. The van der Waals surface area contributed by atoms with E-state index in [1.807, 2.05) is 27.7 Å². The van der Waals surface area contributed by atoms with Gasteiger partial charge in [-0.25, -0.2) is 4.79 Å². The molecule has 10 heteroatoms. The van der Waals surface area contributed by atoms with Gasteiger partial charge in [0.15, 0.2) is 0 Å². The third-order valence-corrected chi connectivity index (χ3v) is 6.31. The summed E-state index contributed by atoms with van der Waals surface area (Å²) in [4.78, 5) is 25.5. The van der Waals surface area contributed by atoms with Crippen LogP contribution in [0.25, 0.3) is 0 Å². The molecule has 2 aromatic carbocycles. The predicted octanol–water partition coefficient (Wildman–Crippen LogP) is 4.78. The molecule has 0 aliphatic heterocycles. The lowest BCUT2D eigenvalue weighted by atomic mass is 10.1. The molecule has 0 heterocycles. The summed E-state index contributed by atoms with van der Waals surface area (Å²) in [5.74, 6) is -0.184. The van der Waals surface area contributed by atoms with E-state index in [1.165, 1.54) is 43.3 Å². The second-order valence-electron chi connectivity index (χ2n) is 7.98. The van der Waals surface area contributed by atoms with E-state index in [0.717, 1.165) is 0 Å². The Kier molecular flexibility index (Phi) is 9.13. The SMILES string of the molecule is CC[C@@H](C)N(Cc1cc(Cl)ccc1OS(=O)(=O)c1ccc(NC(C)=O)cc1)C(=O)NC(C)C. The van der Waals surface area contributed by atoms with E-state index in [1.54, 1.807) is 11.0 Å². The number of hydrogen-bond acceptors (Lipinski definition) is 5. The Morgan fingerprint density at radius 1 is 1.09 bits per heavy atom. The number of benzene rings is 2. The third kappa shape index (κ3) is 7.64. The van der Waals surface area contributed by atoms with Gasteiger partial charge in [-0.15, -0.1) is 0 Å². The lowest BCUT2D eigenvalue weighted by molar-refractivity contribution is -0.114. The van der Waals surface area contributed by atoms with Crippen LogP contribution in [0.4, 0.5) is 10.5 Å². The smallest absolute Gasteiger partial charge is 0.339 e. The number of nitrogens with zero attached hydrogens (tertiary/aromatic N) is 1. The third-order valence-electron chi connectivity index (χ3n) is 4.82. The van der Waals surface area contributed by atoms with E-state index < -0.39 is 10.1 Å². The van der Waals surface area contributed by atoms with Crippen LogP contribution in [0.3, 0.4) is 0 Å². The summed E-state index contributed by atoms with van der Waals surface area (Å²) < 4.78 is 31.2. The molecular weight excluding hydrogens is 466 g/mol. The van der Waals surface area contributed by atoms with Gasteiger partial charge in [0.05, 0.1) is 6.54 Å². The van der Waals surface area contributed by atoms with E-state index >= 15 is 0 Å². The number of urea groups is 1. The van der Waals surface area contributed by atoms with Crippen LogP contribution in [0.1, 0.15) is 46.6 Å². The molecule has 0 saturated heterocycles. The molecule has 180 valence electrons. The van der Waals surface area contributed by atoms with Crippen molar-refractivity contribution in [3.8, 4) is 5.75 Å². The summed E-state index contributed by atoms with van der Waals surface area (Å²) in [5.41, 5.74) is 0.925. The first-order valence-electron chi connectivity index (χ1n) is 10.6. The minimum Gasteiger partial charge on any atom is -0.379 e. The maximum atomic E-state index is 12.9. The van der Waals surface area contributed by atoms with Crippen molar-refractivity contribution in [3.05, 3.63) is 53.1 Å². The van der Waals surface area contributed by atoms with Gasteiger partial charge in [0.2, 0.25) is 5.91 Å². The zero-order valence-electron chi connectivity index (χ0n) is 19.4. The molecule has 1 atom stereocenters. The van der Waals surface area contributed by atoms with Gasteiger partial charge in [-0.3, -0.25) is 4.79 Å². The molecule has 0 spiro atoms. The normalized spacial score (nSPS) is 12.2. The Morgan fingerprint density at radius 3 is 2.27 bits per heavy atom. The number of anilines is 1. The summed E-state index contributed by atoms with van der Waals surface area (Å²) in [6.45, 7) is 9.08. The number of rotatable bonds is 9. The summed E-state index contributed by atoms with van der Waals surface area (Å²) in [7, 11) is -4.17. The first kappa shape index (κ1) is 26.5. The maximum Gasteiger partial charge on any atom is 0.339 e. The summed E-state index contributed by atoms with van der Waals surface area (Å²) in [5, 5.41) is 5.84. The van der Waals surface area contributed by atoms with E-state index in [9.17, 15) is 18.0 Å². The van der Waals surface area contributed by atoms with Crippen molar-refractivity contribution < 1.29 is 22.2 Å². The predicted molar refractivity (Wildman–Crippen MR) is 129 cm³/mol. The van der Waals surface area contributed by atoms with Crippen molar-refractivity contribution >= 4 is 39.3 Å². The zero-order chi connectivity index (χ0) is 24.8. The lowest BCUT2D eigenvalue weighted by Gasteiger charge is -2.30. The van der Waals surface area contributed by atoms with Gasteiger partial charge >= 0.3 is 16.1 Å². The molecule has 0 saturated carbocycles. The Morgan fingerprint density at radius 2 is 1.73 bits per heavy atom. The molecule has 33 heavy (non-hydrogen) atoms. The largest absolute Gasteiger partial charge is 0.379 e. The van der Waals surface area contributed by atoms with Crippen LogP contribution in [0.2, 0.25) is 5.02 Å². The monoisotopic (exact) mass is 495 g/mol. The van der Waals surface area contributed by atoms with Crippen molar-refractivity contribution in [2.24, 2.45) is 0 Å². The Hall–Kier alpha value is -2.78. The number of carbonyl (C=O) groups excluding carboxylic acids is 2. The highest BCUT2D eigenvalue weighted by molar-refractivity contribution is 7.87. The van der Waals surface area contributed by atoms with Crippen LogP contribution in [-0.2, 0) is 21.5 Å². The molecule has 0 bridgehead atoms. The molecule has 0 fully saturated rings. The summed E-state index contributed by atoms with van der Waals surface area (Å²) in [6.07, 6.45) is 0.710. The average Bonchev–Trinajstić information content (AvgIpc) is 2.72. The molecule has 0 aromatic heterocycles. The quantitative estimate of drug-likeness (QED) is 0.487. The Bertz CT molecular complexity index is 1090. The van der Waals surface area contributed by atoms with Crippen LogP contribution in [-0.4, -0.2) is 37.3 Å². The Balaban J connectivity index is 2.34. The minimum absolute atomic E-state index is 0.0556. The number of hydrogen-bond donors (Lipinski definition) is 2. The second kappa shape index (κ2) is 11.4. The van der Waals surface area contributed by atoms with Crippen LogP contribution < -0.4 is 14.8 Å². The molecule has 8 nitrogen and oxygen atoms in total. The fourth-order valence-corrected chi connectivity index (χ4v) is 4.15. The molecule has 0 unspecified atom stereocenters. The molecule has 0 radical (unpaired) electrons. The Labute approximate surface area is 200 Å². The highest BCUT2D eigenvalue weighted by Gasteiger charge is 2.24. The topological polar surface area (TPSA) is 105 Å². The molecule has 2 N–H and O–H groups in total. The van der Waals surface area contributed by atoms with Crippen molar-refractivity contribution in [2.75, 3.05) is 5.32 Å². The zero-order valence-corrected chi connectivity index (χ0v) is 21.0. The maximum absolute atomic E-state index is 12.9. The fraction of sp³-hybridized carbons (Fsp3) is 0.391. The molecule has 2 aromatic rings. The van der Waals surface area contributed by atoms with Gasteiger partial charge in [0.25, 0.3) is 0 Å². The van der Waals surface area contributed by atoms with Crippen molar-refractivity contribution in [1.29, 1.82) is 0 Å². The fourth-order valence-electron chi connectivity index (χ4n) is 2.99. The van der Waals surface area contributed by atoms with Gasteiger partial charge in [0.1, 0.15) is 10.6 Å². The van der Waals surface area contributed by atoms with Crippen LogP contribution in [0.5, 0.6) is 5.75 Å². The molecule has 2 rings (SSSR count). The van der Waals surface area contributed by atoms with Crippen LogP contribution in [0, 0.1) is 0 Å². The van der Waals surface area contributed by atoms with Crippen LogP contribution in [0.15, 0.2) is 47.4 Å². The highest BCUT2D eigenvalue weighted by Crippen LogP contribution is 2.28. The minimum atomic E-state index is -4.17. The van der Waals surface area contributed by atoms with Crippen LogP contribution >= 0.6 is 11.6 Å². The van der Waals surface area contributed by atoms with Gasteiger partial charge in [-0.1, -0.05) is 18.5 Å². The summed E-state index contributed by atoms with van der Waals surface area (Å²) >= 11 is 6.17. The van der Waals surface area contributed by atoms with E-state index in [-0.39, 0.29) is 41.2 Å². The van der Waals surface area contributed by atoms with Gasteiger partial charge < -0.3 is 19.7 Å². The number of nitrogens with one attached hydrogen (secondary N) is 2. The summed E-state index contributed by atoms with van der Waals surface area (Å²) in [6, 6.07) is 9.80. The first-order valence-corrected chi connectivity index (χ1v) is 12.4. The molecule has 0 aliphatic rings. The number of carbonyl (C=O) groups is 2.